The van der Waals surface area contributed by atoms with E-state index in [0.717, 1.165) is 167 Å². The normalized spacial score (nSPS) is 14.4. The number of rotatable bonds is 56. The molecule has 0 aliphatic rings. The van der Waals surface area contributed by atoms with Gasteiger partial charge in [-0.1, -0.05) is 253 Å². The number of ether oxygens (including phenoxy) is 2. The van der Waals surface area contributed by atoms with Gasteiger partial charge in [0.1, 0.15) is 6.61 Å². The van der Waals surface area contributed by atoms with Gasteiger partial charge in [0.25, 0.3) is 0 Å². The molecule has 0 bridgehead atoms. The molecule has 0 aliphatic heterocycles. The summed E-state index contributed by atoms with van der Waals surface area (Å²) < 4.78 is 33.0. The molecule has 0 saturated carbocycles. The molecule has 2 atom stereocenters. The third-order valence-electron chi connectivity index (χ3n) is 12.2. The van der Waals surface area contributed by atoms with Crippen LogP contribution in [-0.4, -0.2) is 49.3 Å². The summed E-state index contributed by atoms with van der Waals surface area (Å²) in [7, 11) is -4.42. The summed E-state index contributed by atoms with van der Waals surface area (Å²) >= 11 is 0. The van der Waals surface area contributed by atoms with Crippen molar-refractivity contribution in [2.24, 2.45) is 5.73 Å². The molecular weight excluding hydrogens is 1050 g/mol. The smallest absolute Gasteiger partial charge is 0.462 e. The van der Waals surface area contributed by atoms with Gasteiger partial charge in [0.2, 0.25) is 0 Å². The molecular formula is C73H112NO8P. The Hall–Kier alpha value is -5.41. The van der Waals surface area contributed by atoms with E-state index in [1.165, 1.54) is 0 Å². The number of esters is 2. The largest absolute Gasteiger partial charge is 0.472 e. The molecule has 9 nitrogen and oxygen atoms in total. The summed E-state index contributed by atoms with van der Waals surface area (Å²) in [5.41, 5.74) is 5.38. The average molecular weight is 1160 g/mol. The summed E-state index contributed by atoms with van der Waals surface area (Å²) in [6.45, 7) is 3.42. The molecule has 2 unspecified atom stereocenters. The maximum atomic E-state index is 12.7. The predicted molar refractivity (Wildman–Crippen MR) is 357 cm³/mol. The zero-order valence-electron chi connectivity index (χ0n) is 51.6. The minimum atomic E-state index is -4.42. The number of carbonyl (C=O) groups is 2. The van der Waals surface area contributed by atoms with Gasteiger partial charge in [-0.3, -0.25) is 18.6 Å². The zero-order chi connectivity index (χ0) is 60.1. The highest BCUT2D eigenvalue weighted by Crippen LogP contribution is 2.43. The molecule has 0 amide bonds. The SMILES string of the molecule is CC/C=C\C/C=C\C/C=C\C/C=C\C/C=C\C/C=C\C/C=C\C/C=C\C/C=C\C/C=C\C/C=C\C/C=C\CCCCCCC(=O)OC(COC(=O)CCCCCCC/C=C\C/C=C\C/C=C\C/C=C\C/C=C\CC)COP(=O)(O)OCCN. The van der Waals surface area contributed by atoms with Crippen molar-refractivity contribution in [1.29, 1.82) is 0 Å². The number of unbranched alkanes of at least 4 members (excludes halogenated alkanes) is 9. The van der Waals surface area contributed by atoms with E-state index in [2.05, 4.69) is 220 Å². The van der Waals surface area contributed by atoms with Crippen molar-refractivity contribution < 1.29 is 37.6 Å². The number of hydrogen-bond acceptors (Lipinski definition) is 8. The van der Waals surface area contributed by atoms with Crippen LogP contribution in [0.1, 0.15) is 206 Å². The lowest BCUT2D eigenvalue weighted by Crippen LogP contribution is -2.29. The molecule has 0 aromatic carbocycles. The quantitative estimate of drug-likeness (QED) is 0.0264. The van der Waals surface area contributed by atoms with Crippen LogP contribution in [0.4, 0.5) is 0 Å². The summed E-state index contributed by atoms with van der Waals surface area (Å²) in [6, 6.07) is 0. The van der Waals surface area contributed by atoms with Gasteiger partial charge in [0, 0.05) is 19.4 Å². The van der Waals surface area contributed by atoms with E-state index in [-0.39, 0.29) is 32.6 Å². The van der Waals surface area contributed by atoms with Gasteiger partial charge in [0.15, 0.2) is 6.10 Å². The summed E-state index contributed by atoms with van der Waals surface area (Å²) in [4.78, 5) is 35.2. The van der Waals surface area contributed by atoms with E-state index in [9.17, 15) is 19.0 Å². The minimum absolute atomic E-state index is 0.0340. The molecule has 0 rings (SSSR count). The van der Waals surface area contributed by atoms with Crippen LogP contribution in [-0.2, 0) is 32.7 Å². The predicted octanol–water partition coefficient (Wildman–Crippen LogP) is 20.7. The number of carbonyl (C=O) groups excluding carboxylic acids is 2. The van der Waals surface area contributed by atoms with Crippen molar-refractivity contribution in [3.05, 3.63) is 207 Å². The molecule has 10 heteroatoms. The van der Waals surface area contributed by atoms with Crippen molar-refractivity contribution in [3.8, 4) is 0 Å². The number of allylic oxidation sites excluding steroid dienone is 34. The zero-order valence-corrected chi connectivity index (χ0v) is 52.5. The van der Waals surface area contributed by atoms with Gasteiger partial charge in [-0.25, -0.2) is 4.57 Å². The van der Waals surface area contributed by atoms with E-state index < -0.39 is 32.5 Å². The van der Waals surface area contributed by atoms with Crippen molar-refractivity contribution in [2.45, 2.75) is 213 Å². The van der Waals surface area contributed by atoms with Crippen LogP contribution in [0.2, 0.25) is 0 Å². The fraction of sp³-hybridized carbons (Fsp3) is 0.507. The Morgan fingerprint density at radius 3 is 0.928 bits per heavy atom. The van der Waals surface area contributed by atoms with E-state index in [1.807, 2.05) is 0 Å². The van der Waals surface area contributed by atoms with Crippen LogP contribution in [0, 0.1) is 0 Å². The lowest BCUT2D eigenvalue weighted by Gasteiger charge is -2.19. The molecule has 0 aromatic rings. The Kier molecular flexibility index (Phi) is 61.5. The topological polar surface area (TPSA) is 134 Å². The van der Waals surface area contributed by atoms with Gasteiger partial charge < -0.3 is 20.1 Å². The van der Waals surface area contributed by atoms with E-state index >= 15 is 0 Å². The van der Waals surface area contributed by atoms with Gasteiger partial charge in [-0.15, -0.1) is 0 Å². The Morgan fingerprint density at radius 2 is 0.627 bits per heavy atom. The number of hydrogen-bond donors (Lipinski definition) is 2. The van der Waals surface area contributed by atoms with Crippen LogP contribution in [0.5, 0.6) is 0 Å². The molecule has 0 heterocycles. The lowest BCUT2D eigenvalue weighted by atomic mass is 10.1. The van der Waals surface area contributed by atoms with Gasteiger partial charge >= 0.3 is 19.8 Å². The first-order chi connectivity index (χ1) is 40.8. The summed E-state index contributed by atoms with van der Waals surface area (Å²) in [6.07, 6.45) is 102. The fourth-order valence-electron chi connectivity index (χ4n) is 7.58. The molecule has 0 aliphatic carbocycles. The van der Waals surface area contributed by atoms with E-state index in [0.29, 0.717) is 12.8 Å². The van der Waals surface area contributed by atoms with Crippen LogP contribution in [0.3, 0.4) is 0 Å². The Labute approximate surface area is 506 Å². The first-order valence-corrected chi connectivity index (χ1v) is 33.1. The Bertz CT molecular complexity index is 2110. The maximum Gasteiger partial charge on any atom is 0.472 e. The highest BCUT2D eigenvalue weighted by molar-refractivity contribution is 7.47. The van der Waals surface area contributed by atoms with Gasteiger partial charge in [0.05, 0.1) is 13.2 Å². The average Bonchev–Trinajstić information content (AvgIpc) is 3.49. The number of phosphoric acid groups is 1. The monoisotopic (exact) mass is 1160 g/mol. The second-order valence-electron chi connectivity index (χ2n) is 19.8. The van der Waals surface area contributed by atoms with Crippen LogP contribution in [0.25, 0.3) is 0 Å². The van der Waals surface area contributed by atoms with Crippen LogP contribution >= 0.6 is 7.82 Å². The van der Waals surface area contributed by atoms with E-state index in [1.54, 1.807) is 0 Å². The first-order valence-electron chi connectivity index (χ1n) is 31.6. The van der Waals surface area contributed by atoms with Crippen LogP contribution in [0.15, 0.2) is 207 Å². The first kappa shape index (κ1) is 77.6. The highest BCUT2D eigenvalue weighted by atomic mass is 31.2. The molecule has 0 fully saturated rings. The van der Waals surface area contributed by atoms with Crippen molar-refractivity contribution >= 4 is 19.8 Å². The lowest BCUT2D eigenvalue weighted by molar-refractivity contribution is -0.161. The molecule has 462 valence electrons. The molecule has 3 N–H and O–H groups in total. The molecule has 83 heavy (non-hydrogen) atoms. The van der Waals surface area contributed by atoms with Crippen molar-refractivity contribution in [3.63, 3.8) is 0 Å². The van der Waals surface area contributed by atoms with Crippen molar-refractivity contribution in [1.82, 2.24) is 0 Å². The second-order valence-corrected chi connectivity index (χ2v) is 21.3. The number of nitrogens with two attached hydrogens (primary N) is 1. The molecule has 0 aromatic heterocycles. The van der Waals surface area contributed by atoms with Gasteiger partial charge in [-0.2, -0.15) is 0 Å². The Morgan fingerprint density at radius 1 is 0.361 bits per heavy atom. The summed E-state index contributed by atoms with van der Waals surface area (Å²) in [5.74, 6) is -0.898. The number of phosphoric ester groups is 1. The third kappa shape index (κ3) is 65.6. The molecule has 0 radical (unpaired) electrons. The molecule has 0 saturated heterocycles. The van der Waals surface area contributed by atoms with Crippen molar-refractivity contribution in [2.75, 3.05) is 26.4 Å². The Balaban J connectivity index is 4.11. The third-order valence-corrected chi connectivity index (χ3v) is 13.1. The second kappa shape index (κ2) is 65.7. The van der Waals surface area contributed by atoms with E-state index in [4.69, 9.17) is 24.3 Å². The maximum absolute atomic E-state index is 12.7. The standard InChI is InChI=1S/C73H112NO8P/c1-3-5-7-9-11-13-15-17-19-21-23-25-26-27-28-29-30-31-32-33-34-35-36-37-38-39-40-41-42-43-44-46-48-50-52-54-56-58-60-62-64-66-73(76)82-71(70-81-83(77,78)80-68-67-74)69-79-72(75)65-63-61-59-57-55-53-51-49-47-45-24-22-20-18-16-14-12-10-8-6-4-2/h5-8,11-14,17-20,23-25,27-28,30-31,33-34,36-37,39-40,42-43,45-46,48-49,51-52,54,71H,3-4,9-10,15-16,21-22,26,29,32,35,38,41,44,47,50,53,55-70,74H2,1-2H3,(H,77,78)/b7-5-,8-6-,13-11-,14-12-,19-17-,20-18-,25-23-,28-27-,31-30-,34-33-,37-36-,40-39-,43-42-,45-24-,48-46-,51-49-,54-52-. The van der Waals surface area contributed by atoms with Gasteiger partial charge in [-0.05, 0) is 148 Å². The highest BCUT2D eigenvalue weighted by Gasteiger charge is 2.26. The van der Waals surface area contributed by atoms with Crippen LogP contribution < -0.4 is 5.73 Å². The molecule has 0 spiro atoms. The fourth-order valence-corrected chi connectivity index (χ4v) is 8.35. The minimum Gasteiger partial charge on any atom is -0.462 e. The summed E-state index contributed by atoms with van der Waals surface area (Å²) in [5, 5.41) is 0.